The molecule has 2 heteroatoms. The third kappa shape index (κ3) is 4.96. The van der Waals surface area contributed by atoms with Crippen molar-refractivity contribution in [1.82, 2.24) is 0 Å². The largest absolute Gasteiger partial charge is 0.400 e. The lowest BCUT2D eigenvalue weighted by molar-refractivity contribution is -0.111. The number of aliphatic hydroxyl groups excluding tert-OH is 1. The van der Waals surface area contributed by atoms with Gasteiger partial charge in [-0.05, 0) is 12.8 Å². The van der Waals surface area contributed by atoms with E-state index in [1.54, 1.807) is 0 Å². The van der Waals surface area contributed by atoms with Gasteiger partial charge in [-0.2, -0.15) is 0 Å². The lowest BCUT2D eigenvalue weighted by Crippen LogP contribution is -1.98. The van der Waals surface area contributed by atoms with E-state index in [1.807, 2.05) is 0 Å². The van der Waals surface area contributed by atoms with Gasteiger partial charge in [0, 0.05) is 13.0 Å². The summed E-state index contributed by atoms with van der Waals surface area (Å²) in [6, 6.07) is 0. The average molecular weight is 158 g/mol. The van der Waals surface area contributed by atoms with Gasteiger partial charge in [0.2, 0.25) is 0 Å². The predicted octanol–water partition coefficient (Wildman–Crippen LogP) is 1.76. The number of hydrogen-bond acceptors (Lipinski definition) is 2. The molecule has 1 rings (SSSR count). The van der Waals surface area contributed by atoms with E-state index in [4.69, 9.17) is 5.11 Å². The van der Waals surface area contributed by atoms with Gasteiger partial charge < -0.3 is 9.90 Å². The Morgan fingerprint density at radius 3 is 1.91 bits per heavy atom. The molecule has 0 unspecified atom stereocenters. The van der Waals surface area contributed by atoms with E-state index in [2.05, 4.69) is 0 Å². The fourth-order valence-electron chi connectivity index (χ4n) is 1.45. The molecule has 2 nitrogen and oxygen atoms in total. The van der Waals surface area contributed by atoms with E-state index in [-0.39, 0.29) is 0 Å². The first kappa shape index (κ1) is 10.6. The maximum absolute atomic E-state index is 10.3. The zero-order valence-electron chi connectivity index (χ0n) is 7.25. The molecule has 0 bridgehead atoms. The van der Waals surface area contributed by atoms with Crippen LogP contribution in [0.25, 0.3) is 0 Å². The zero-order chi connectivity index (χ0) is 8.53. The topological polar surface area (TPSA) is 37.3 Å². The molecule has 0 aromatic heterocycles. The van der Waals surface area contributed by atoms with Gasteiger partial charge in [-0.1, -0.05) is 25.7 Å². The number of carbonyl (C=O) groups excluding carboxylic acids is 1. The van der Waals surface area contributed by atoms with Crippen LogP contribution in [0.5, 0.6) is 0 Å². The van der Waals surface area contributed by atoms with Crippen LogP contribution in [-0.4, -0.2) is 18.5 Å². The van der Waals surface area contributed by atoms with Crippen LogP contribution in [0.15, 0.2) is 0 Å². The van der Waals surface area contributed by atoms with Crippen molar-refractivity contribution < 1.29 is 9.90 Å². The van der Waals surface area contributed by atoms with Crippen molar-refractivity contribution in [2.24, 2.45) is 5.92 Å². The van der Waals surface area contributed by atoms with Crippen LogP contribution >= 0.6 is 0 Å². The molecule has 1 aliphatic carbocycles. The van der Waals surface area contributed by atoms with E-state index in [0.717, 1.165) is 26.2 Å². The van der Waals surface area contributed by atoms with Gasteiger partial charge in [-0.3, -0.25) is 0 Å². The zero-order valence-corrected chi connectivity index (χ0v) is 7.25. The third-order valence-corrected chi connectivity index (χ3v) is 2.09. The molecular formula is C9H18O2. The normalized spacial score (nSPS) is 19.5. The highest BCUT2D eigenvalue weighted by atomic mass is 16.2. The van der Waals surface area contributed by atoms with Crippen molar-refractivity contribution >= 4 is 6.29 Å². The summed E-state index contributed by atoms with van der Waals surface area (Å²) in [5.74, 6) is 0.396. The van der Waals surface area contributed by atoms with E-state index < -0.39 is 0 Å². The molecule has 0 spiro atoms. The quantitative estimate of drug-likeness (QED) is 0.466. The molecule has 0 aromatic carbocycles. The van der Waals surface area contributed by atoms with Gasteiger partial charge in [0.25, 0.3) is 0 Å². The second-order valence-electron chi connectivity index (χ2n) is 2.89. The highest BCUT2D eigenvalue weighted by Crippen LogP contribution is 2.20. The fourth-order valence-corrected chi connectivity index (χ4v) is 1.45. The van der Waals surface area contributed by atoms with Gasteiger partial charge in [-0.25, -0.2) is 0 Å². The fraction of sp³-hybridized carbons (Fsp3) is 0.889. The van der Waals surface area contributed by atoms with E-state index in [9.17, 15) is 4.79 Å². The summed E-state index contributed by atoms with van der Waals surface area (Å²) >= 11 is 0. The van der Waals surface area contributed by atoms with Gasteiger partial charge in [0.15, 0.2) is 0 Å². The Hall–Kier alpha value is -0.370. The van der Waals surface area contributed by atoms with Gasteiger partial charge >= 0.3 is 0 Å². The third-order valence-electron chi connectivity index (χ3n) is 2.09. The summed E-state index contributed by atoms with van der Waals surface area (Å²) in [6.07, 6.45) is 8.62. The van der Waals surface area contributed by atoms with Crippen LogP contribution in [0.4, 0.5) is 0 Å². The Balaban J connectivity index is 0.000000461. The smallest absolute Gasteiger partial charge is 0.123 e. The lowest BCUT2D eigenvalue weighted by atomic mass is 10.0. The molecule has 0 saturated heterocycles. The Kier molecular flexibility index (Phi) is 7.47. The average Bonchev–Trinajstić information content (AvgIpc) is 2.35. The number of aldehydes is 1. The van der Waals surface area contributed by atoms with Crippen molar-refractivity contribution in [2.75, 3.05) is 7.11 Å². The molecule has 0 radical (unpaired) electrons. The highest BCUT2D eigenvalue weighted by Gasteiger charge is 2.09. The minimum absolute atomic E-state index is 0.396. The second kappa shape index (κ2) is 7.73. The Morgan fingerprint density at radius 1 is 1.09 bits per heavy atom. The molecule has 1 aliphatic rings. The second-order valence-corrected chi connectivity index (χ2v) is 2.89. The molecule has 1 N–H and O–H groups in total. The minimum Gasteiger partial charge on any atom is -0.400 e. The number of aliphatic hydroxyl groups is 1. The molecule has 0 aliphatic heterocycles. The SMILES string of the molecule is CO.O=CC1CCCCCC1. The molecule has 66 valence electrons. The van der Waals surface area contributed by atoms with Gasteiger partial charge in [0.1, 0.15) is 6.29 Å². The molecular weight excluding hydrogens is 140 g/mol. The first-order valence-corrected chi connectivity index (χ1v) is 4.33. The van der Waals surface area contributed by atoms with Crippen molar-refractivity contribution in [3.8, 4) is 0 Å². The Labute approximate surface area is 68.6 Å². The van der Waals surface area contributed by atoms with Crippen LogP contribution < -0.4 is 0 Å². The van der Waals surface area contributed by atoms with Crippen LogP contribution in [-0.2, 0) is 4.79 Å². The monoisotopic (exact) mass is 158 g/mol. The van der Waals surface area contributed by atoms with Gasteiger partial charge in [0.05, 0.1) is 0 Å². The van der Waals surface area contributed by atoms with E-state index in [1.165, 1.54) is 25.7 Å². The number of rotatable bonds is 1. The Bertz CT molecular complexity index is 83.6. The highest BCUT2D eigenvalue weighted by molar-refractivity contribution is 5.53. The maximum Gasteiger partial charge on any atom is 0.123 e. The molecule has 0 aromatic rings. The van der Waals surface area contributed by atoms with Crippen molar-refractivity contribution in [3.05, 3.63) is 0 Å². The molecule has 0 amide bonds. The van der Waals surface area contributed by atoms with E-state index in [0.29, 0.717) is 5.92 Å². The summed E-state index contributed by atoms with van der Waals surface area (Å²) < 4.78 is 0. The maximum atomic E-state index is 10.3. The minimum atomic E-state index is 0.396. The summed E-state index contributed by atoms with van der Waals surface area (Å²) in [4.78, 5) is 10.3. The van der Waals surface area contributed by atoms with Crippen molar-refractivity contribution in [2.45, 2.75) is 38.5 Å². The van der Waals surface area contributed by atoms with Crippen LogP contribution in [0, 0.1) is 5.92 Å². The molecule has 11 heavy (non-hydrogen) atoms. The van der Waals surface area contributed by atoms with Crippen molar-refractivity contribution in [3.63, 3.8) is 0 Å². The van der Waals surface area contributed by atoms with E-state index >= 15 is 0 Å². The molecule has 1 fully saturated rings. The van der Waals surface area contributed by atoms with Crippen molar-refractivity contribution in [1.29, 1.82) is 0 Å². The predicted molar refractivity (Wildman–Crippen MR) is 45.4 cm³/mol. The Morgan fingerprint density at radius 2 is 1.55 bits per heavy atom. The first-order valence-electron chi connectivity index (χ1n) is 4.33. The number of carbonyl (C=O) groups is 1. The van der Waals surface area contributed by atoms with Crippen LogP contribution in [0.1, 0.15) is 38.5 Å². The van der Waals surface area contributed by atoms with Crippen LogP contribution in [0.2, 0.25) is 0 Å². The van der Waals surface area contributed by atoms with Gasteiger partial charge in [-0.15, -0.1) is 0 Å². The standard InChI is InChI=1S/C8H14O.CH4O/c9-7-8-5-3-1-2-4-6-8;1-2/h7-8H,1-6H2;2H,1H3. The first-order chi connectivity index (χ1) is 5.43. The summed E-state index contributed by atoms with van der Waals surface area (Å²) in [5, 5.41) is 7.00. The molecule has 0 heterocycles. The molecule has 1 saturated carbocycles. The summed E-state index contributed by atoms with van der Waals surface area (Å²) in [6.45, 7) is 0. The summed E-state index contributed by atoms with van der Waals surface area (Å²) in [5.41, 5.74) is 0. The molecule has 0 atom stereocenters. The summed E-state index contributed by atoms with van der Waals surface area (Å²) in [7, 11) is 1.00. The number of hydrogen-bond donors (Lipinski definition) is 1. The lowest BCUT2D eigenvalue weighted by Gasteiger charge is -2.01. The van der Waals surface area contributed by atoms with Crippen LogP contribution in [0.3, 0.4) is 0 Å².